The Balaban J connectivity index is 1.63. The molecule has 1 spiro atoms. The lowest BCUT2D eigenvalue weighted by atomic mass is 9.55. The van der Waals surface area contributed by atoms with Gasteiger partial charge in [-0.2, -0.15) is 0 Å². The second kappa shape index (κ2) is 6.25. The number of aliphatic hydroxyl groups is 1. The molecule has 3 aliphatic rings. The molecule has 21 heavy (non-hydrogen) atoms. The van der Waals surface area contributed by atoms with E-state index in [9.17, 15) is 9.90 Å². The third-order valence-electron chi connectivity index (χ3n) is 6.07. The van der Waals surface area contributed by atoms with Crippen LogP contribution in [0.25, 0.3) is 0 Å². The SMILES string of the molecule is CCOC1CC(NC(=O)C2CCCC2O)C12CCCCC2. The van der Waals surface area contributed by atoms with Crippen molar-refractivity contribution in [3.05, 3.63) is 0 Å². The molecule has 0 bridgehead atoms. The van der Waals surface area contributed by atoms with Crippen molar-refractivity contribution in [3.8, 4) is 0 Å². The Morgan fingerprint density at radius 3 is 2.62 bits per heavy atom. The highest BCUT2D eigenvalue weighted by atomic mass is 16.5. The summed E-state index contributed by atoms with van der Waals surface area (Å²) < 4.78 is 5.93. The first-order chi connectivity index (χ1) is 10.2. The summed E-state index contributed by atoms with van der Waals surface area (Å²) >= 11 is 0. The second-order valence-electron chi connectivity index (χ2n) is 7.14. The van der Waals surface area contributed by atoms with E-state index < -0.39 is 6.10 Å². The van der Waals surface area contributed by atoms with Crippen LogP contribution in [0, 0.1) is 11.3 Å². The molecule has 3 fully saturated rings. The van der Waals surface area contributed by atoms with Crippen LogP contribution in [0.1, 0.15) is 64.7 Å². The average Bonchev–Trinajstić information content (AvgIpc) is 2.93. The topological polar surface area (TPSA) is 58.6 Å². The van der Waals surface area contributed by atoms with Crippen molar-refractivity contribution in [1.82, 2.24) is 5.32 Å². The standard InChI is InChI=1S/C17H29NO3/c1-2-21-15-11-14(17(15)9-4-3-5-10-17)18-16(20)12-7-6-8-13(12)19/h12-15,19H,2-11H2,1H3,(H,18,20). The van der Waals surface area contributed by atoms with Crippen LogP contribution < -0.4 is 5.32 Å². The van der Waals surface area contributed by atoms with E-state index in [1.54, 1.807) is 0 Å². The van der Waals surface area contributed by atoms with Gasteiger partial charge in [-0.05, 0) is 45.4 Å². The largest absolute Gasteiger partial charge is 0.392 e. The minimum Gasteiger partial charge on any atom is -0.392 e. The first-order valence-electron chi connectivity index (χ1n) is 8.77. The molecule has 4 nitrogen and oxygen atoms in total. The molecule has 0 aromatic heterocycles. The van der Waals surface area contributed by atoms with Crippen molar-refractivity contribution in [3.63, 3.8) is 0 Å². The fraction of sp³-hybridized carbons (Fsp3) is 0.941. The number of amides is 1. The lowest BCUT2D eigenvalue weighted by Crippen LogP contribution is -2.66. The van der Waals surface area contributed by atoms with Gasteiger partial charge in [0.2, 0.25) is 5.91 Å². The molecule has 1 amide bonds. The van der Waals surface area contributed by atoms with E-state index in [0.717, 1.165) is 32.3 Å². The predicted octanol–water partition coefficient (Wildman–Crippen LogP) is 2.39. The molecule has 4 heteroatoms. The van der Waals surface area contributed by atoms with Crippen molar-refractivity contribution in [1.29, 1.82) is 0 Å². The minimum atomic E-state index is -0.435. The van der Waals surface area contributed by atoms with E-state index in [0.29, 0.717) is 6.10 Å². The van der Waals surface area contributed by atoms with E-state index in [-0.39, 0.29) is 23.3 Å². The van der Waals surface area contributed by atoms with Gasteiger partial charge in [-0.1, -0.05) is 19.3 Å². The fourth-order valence-electron chi connectivity index (χ4n) is 4.79. The third kappa shape index (κ3) is 2.72. The summed E-state index contributed by atoms with van der Waals surface area (Å²) in [5.74, 6) is -0.110. The van der Waals surface area contributed by atoms with Crippen LogP contribution in [0.5, 0.6) is 0 Å². The van der Waals surface area contributed by atoms with E-state index in [4.69, 9.17) is 4.74 Å². The molecule has 0 radical (unpaired) electrons. The monoisotopic (exact) mass is 295 g/mol. The molecule has 0 aromatic carbocycles. The minimum absolute atomic E-state index is 0.0740. The van der Waals surface area contributed by atoms with Crippen molar-refractivity contribution >= 4 is 5.91 Å². The Morgan fingerprint density at radius 1 is 1.24 bits per heavy atom. The third-order valence-corrected chi connectivity index (χ3v) is 6.07. The van der Waals surface area contributed by atoms with Crippen LogP contribution in [-0.4, -0.2) is 35.9 Å². The summed E-state index contributed by atoms with van der Waals surface area (Å²) in [4.78, 5) is 12.4. The van der Waals surface area contributed by atoms with E-state index in [2.05, 4.69) is 12.2 Å². The zero-order valence-corrected chi connectivity index (χ0v) is 13.1. The first-order valence-corrected chi connectivity index (χ1v) is 8.77. The maximum atomic E-state index is 12.4. The van der Waals surface area contributed by atoms with E-state index in [1.165, 1.54) is 32.1 Å². The fourth-order valence-corrected chi connectivity index (χ4v) is 4.79. The smallest absolute Gasteiger partial charge is 0.225 e. The summed E-state index contributed by atoms with van der Waals surface area (Å²) in [7, 11) is 0. The van der Waals surface area contributed by atoms with Crippen LogP contribution >= 0.6 is 0 Å². The highest BCUT2D eigenvalue weighted by Gasteiger charge is 2.56. The van der Waals surface area contributed by atoms with Crippen molar-refractivity contribution in [2.45, 2.75) is 83.0 Å². The number of hydrogen-bond donors (Lipinski definition) is 2. The zero-order chi connectivity index (χ0) is 14.9. The first kappa shape index (κ1) is 15.3. The number of carbonyl (C=O) groups excluding carboxylic acids is 1. The Bertz CT molecular complexity index is 378. The van der Waals surface area contributed by atoms with Gasteiger partial charge in [0.15, 0.2) is 0 Å². The number of hydrogen-bond acceptors (Lipinski definition) is 3. The van der Waals surface area contributed by atoms with Gasteiger partial charge in [0.05, 0.1) is 18.1 Å². The van der Waals surface area contributed by atoms with Gasteiger partial charge in [0, 0.05) is 18.1 Å². The molecule has 0 aromatic rings. The van der Waals surface area contributed by atoms with Crippen LogP contribution in [0.3, 0.4) is 0 Å². The van der Waals surface area contributed by atoms with E-state index >= 15 is 0 Å². The molecule has 2 N–H and O–H groups in total. The Kier molecular flexibility index (Phi) is 4.55. The van der Waals surface area contributed by atoms with Crippen molar-refractivity contribution in [2.75, 3.05) is 6.61 Å². The van der Waals surface area contributed by atoms with Gasteiger partial charge in [0.1, 0.15) is 0 Å². The summed E-state index contributed by atoms with van der Waals surface area (Å²) in [6, 6.07) is 0.259. The lowest BCUT2D eigenvalue weighted by Gasteiger charge is -2.57. The maximum Gasteiger partial charge on any atom is 0.225 e. The van der Waals surface area contributed by atoms with Crippen molar-refractivity contribution < 1.29 is 14.6 Å². The predicted molar refractivity (Wildman–Crippen MR) is 80.8 cm³/mol. The molecule has 0 heterocycles. The Hall–Kier alpha value is -0.610. The van der Waals surface area contributed by atoms with Gasteiger partial charge in [-0.3, -0.25) is 4.79 Å². The maximum absolute atomic E-state index is 12.4. The Labute approximate surface area is 127 Å². The van der Waals surface area contributed by atoms with Gasteiger partial charge in [-0.25, -0.2) is 0 Å². The quantitative estimate of drug-likeness (QED) is 0.837. The zero-order valence-electron chi connectivity index (χ0n) is 13.1. The average molecular weight is 295 g/mol. The molecule has 4 atom stereocenters. The number of nitrogens with one attached hydrogen (secondary N) is 1. The molecular formula is C17H29NO3. The van der Waals surface area contributed by atoms with E-state index in [1.807, 2.05) is 0 Å². The summed E-state index contributed by atoms with van der Waals surface area (Å²) in [6.07, 6.45) is 9.57. The summed E-state index contributed by atoms with van der Waals surface area (Å²) in [5, 5.41) is 13.2. The highest BCUT2D eigenvalue weighted by Crippen LogP contribution is 2.53. The molecular weight excluding hydrogens is 266 g/mol. The van der Waals surface area contributed by atoms with Gasteiger partial charge >= 0.3 is 0 Å². The van der Waals surface area contributed by atoms with Crippen molar-refractivity contribution in [2.24, 2.45) is 11.3 Å². The molecule has 0 saturated heterocycles. The van der Waals surface area contributed by atoms with Crippen LogP contribution in [-0.2, 0) is 9.53 Å². The summed E-state index contributed by atoms with van der Waals surface area (Å²) in [5.41, 5.74) is 0.174. The Morgan fingerprint density at radius 2 is 2.00 bits per heavy atom. The second-order valence-corrected chi connectivity index (χ2v) is 7.14. The number of aliphatic hydroxyl groups excluding tert-OH is 1. The molecule has 3 aliphatic carbocycles. The molecule has 3 saturated carbocycles. The molecule has 120 valence electrons. The van der Waals surface area contributed by atoms with Crippen LogP contribution in [0.2, 0.25) is 0 Å². The lowest BCUT2D eigenvalue weighted by molar-refractivity contribution is -0.159. The van der Waals surface area contributed by atoms with Crippen LogP contribution in [0.15, 0.2) is 0 Å². The highest BCUT2D eigenvalue weighted by molar-refractivity contribution is 5.80. The van der Waals surface area contributed by atoms with Gasteiger partial charge in [-0.15, -0.1) is 0 Å². The number of rotatable bonds is 4. The molecule has 3 rings (SSSR count). The van der Waals surface area contributed by atoms with Gasteiger partial charge in [0.25, 0.3) is 0 Å². The van der Waals surface area contributed by atoms with Gasteiger partial charge < -0.3 is 15.2 Å². The summed E-state index contributed by atoms with van der Waals surface area (Å²) in [6.45, 7) is 2.81. The number of ether oxygens (including phenoxy) is 1. The normalized spacial score (nSPS) is 38.2. The number of carbonyl (C=O) groups is 1. The molecule has 0 aliphatic heterocycles. The van der Waals surface area contributed by atoms with Crippen LogP contribution in [0.4, 0.5) is 0 Å². The molecule has 4 unspecified atom stereocenters.